The summed E-state index contributed by atoms with van der Waals surface area (Å²) in [6.07, 6.45) is 1.04. The van der Waals surface area contributed by atoms with Crippen molar-refractivity contribution >= 4 is 33.7 Å². The predicted molar refractivity (Wildman–Crippen MR) is 139 cm³/mol. The van der Waals surface area contributed by atoms with Crippen molar-refractivity contribution in [2.24, 2.45) is 0 Å². The normalized spacial score (nSPS) is 14.2. The molecule has 0 aliphatic carbocycles. The molecule has 0 radical (unpaired) electrons. The number of hydrogen-bond donors (Lipinski definition) is 2. The minimum Gasteiger partial charge on any atom is -0.444 e. The molecule has 212 valence electrons. The van der Waals surface area contributed by atoms with Crippen LogP contribution in [0.15, 0.2) is 54.9 Å². The lowest BCUT2D eigenvalue weighted by Gasteiger charge is -2.25. The lowest BCUT2D eigenvalue weighted by Crippen LogP contribution is -2.54. The fourth-order valence-corrected chi connectivity index (χ4v) is 5.23. The first-order chi connectivity index (χ1) is 18.9. The summed E-state index contributed by atoms with van der Waals surface area (Å²) in [5, 5.41) is 2.29. The number of fused-ring (bicyclic) bond motifs is 1. The molecular formula is C25H25F3N6O5S. The highest BCUT2D eigenvalue weighted by Crippen LogP contribution is 2.26. The number of rotatable bonds is 9. The van der Waals surface area contributed by atoms with Gasteiger partial charge in [-0.1, -0.05) is 6.07 Å². The average molecular weight is 579 g/mol. The van der Waals surface area contributed by atoms with Crippen molar-refractivity contribution in [3.05, 3.63) is 77.6 Å². The Morgan fingerprint density at radius 1 is 1.15 bits per heavy atom. The molecule has 3 amide bonds. The third-order valence-corrected chi connectivity index (χ3v) is 7.27. The quantitative estimate of drug-likeness (QED) is 0.399. The van der Waals surface area contributed by atoms with Gasteiger partial charge in [0.05, 0.1) is 11.9 Å². The monoisotopic (exact) mass is 578 g/mol. The van der Waals surface area contributed by atoms with Crippen molar-refractivity contribution in [1.29, 1.82) is 0 Å². The minimum atomic E-state index is -4.41. The first-order valence-corrected chi connectivity index (χ1v) is 13.4. The van der Waals surface area contributed by atoms with E-state index in [4.69, 9.17) is 4.74 Å². The van der Waals surface area contributed by atoms with Crippen LogP contribution in [0, 0.1) is 11.6 Å². The maximum absolute atomic E-state index is 13.8. The van der Waals surface area contributed by atoms with Crippen molar-refractivity contribution in [3.8, 4) is 5.88 Å². The number of benzene rings is 1. The van der Waals surface area contributed by atoms with Gasteiger partial charge < -0.3 is 15.0 Å². The van der Waals surface area contributed by atoms with Gasteiger partial charge in [0.15, 0.2) is 0 Å². The van der Waals surface area contributed by atoms with Gasteiger partial charge in [-0.15, -0.1) is 0 Å². The number of carbonyl (C=O) groups is 2. The van der Waals surface area contributed by atoms with Gasteiger partial charge in [0, 0.05) is 45.3 Å². The van der Waals surface area contributed by atoms with Gasteiger partial charge >= 0.3 is 16.2 Å². The first kappa shape index (κ1) is 28.6. The van der Waals surface area contributed by atoms with E-state index in [0.29, 0.717) is 18.1 Å². The molecule has 0 saturated heterocycles. The standard InChI is InChI=1S/C25H25F3N6O5S/c1-15(26)39-22-6-5-20(14-30-22)33(2)24(35)21(12-16-10-18(27)13-19(28)11-16)31-25(36)32-40(37,38)34-9-7-17-4-3-8-29-23(17)34/h3-6,8,10-11,13-15,21H,7,9,12H2,1-2H3,(H2,31,32,36)/t15?,21-/m0/s1. The van der Waals surface area contributed by atoms with Gasteiger partial charge in [-0.25, -0.2) is 37.0 Å². The molecule has 2 N–H and O–H groups in total. The number of alkyl halides is 1. The molecule has 1 aromatic carbocycles. The van der Waals surface area contributed by atoms with Crippen molar-refractivity contribution in [2.45, 2.75) is 32.2 Å². The molecule has 1 aliphatic rings. The van der Waals surface area contributed by atoms with Crippen LogP contribution in [0.5, 0.6) is 5.88 Å². The first-order valence-electron chi connectivity index (χ1n) is 12.0. The third kappa shape index (κ3) is 6.77. The van der Waals surface area contributed by atoms with Gasteiger partial charge in [-0.05, 0) is 41.8 Å². The molecule has 3 heterocycles. The molecule has 2 atom stereocenters. The predicted octanol–water partition coefficient (Wildman–Crippen LogP) is 2.63. The van der Waals surface area contributed by atoms with E-state index >= 15 is 0 Å². The fraction of sp³-hybridized carbons (Fsp3) is 0.280. The number of nitrogens with zero attached hydrogens (tertiary/aromatic N) is 4. The van der Waals surface area contributed by atoms with E-state index < -0.39 is 46.2 Å². The summed E-state index contributed by atoms with van der Waals surface area (Å²) < 4.78 is 74.3. The van der Waals surface area contributed by atoms with Crippen molar-refractivity contribution in [3.63, 3.8) is 0 Å². The number of carbonyl (C=O) groups excluding carboxylic acids is 2. The van der Waals surface area contributed by atoms with Crippen molar-refractivity contribution < 1.29 is 35.9 Å². The van der Waals surface area contributed by atoms with E-state index in [-0.39, 0.29) is 35.9 Å². The molecule has 11 nitrogen and oxygen atoms in total. The van der Waals surface area contributed by atoms with Crippen LogP contribution in [0.25, 0.3) is 0 Å². The zero-order valence-electron chi connectivity index (χ0n) is 21.3. The summed E-state index contributed by atoms with van der Waals surface area (Å²) in [5.74, 6) is -2.42. The fourth-order valence-electron chi connectivity index (χ4n) is 4.10. The Bertz CT molecular complexity index is 1490. The van der Waals surface area contributed by atoms with Crippen LogP contribution in [-0.4, -0.2) is 56.3 Å². The summed E-state index contributed by atoms with van der Waals surface area (Å²) in [4.78, 5) is 35.3. The molecule has 0 bridgehead atoms. The van der Waals surface area contributed by atoms with Crippen LogP contribution in [0.1, 0.15) is 18.1 Å². The Morgan fingerprint density at radius 2 is 1.88 bits per heavy atom. The molecule has 1 unspecified atom stereocenters. The topological polar surface area (TPSA) is 134 Å². The number of aromatic nitrogens is 2. The molecule has 2 aromatic heterocycles. The lowest BCUT2D eigenvalue weighted by molar-refractivity contribution is -0.120. The number of amides is 3. The van der Waals surface area contributed by atoms with Gasteiger partial charge in [0.25, 0.3) is 0 Å². The zero-order chi connectivity index (χ0) is 29.0. The second kappa shape index (κ2) is 11.8. The number of ether oxygens (including phenoxy) is 1. The molecular weight excluding hydrogens is 553 g/mol. The second-order valence-corrected chi connectivity index (χ2v) is 10.4. The second-order valence-electron chi connectivity index (χ2n) is 8.84. The summed E-state index contributed by atoms with van der Waals surface area (Å²) in [6.45, 7) is 1.22. The van der Waals surface area contributed by atoms with E-state index in [0.717, 1.165) is 21.3 Å². The van der Waals surface area contributed by atoms with E-state index in [9.17, 15) is 31.2 Å². The average Bonchev–Trinajstić information content (AvgIpc) is 3.32. The summed E-state index contributed by atoms with van der Waals surface area (Å²) in [5.41, 5.74) is 0.930. The number of urea groups is 1. The molecule has 15 heteroatoms. The van der Waals surface area contributed by atoms with Gasteiger partial charge in [0.1, 0.15) is 23.5 Å². The largest absolute Gasteiger partial charge is 0.444 e. The van der Waals surface area contributed by atoms with Gasteiger partial charge in [-0.2, -0.15) is 8.42 Å². The highest BCUT2D eigenvalue weighted by Gasteiger charge is 2.33. The Balaban J connectivity index is 1.54. The molecule has 0 spiro atoms. The maximum atomic E-state index is 13.8. The number of anilines is 2. The van der Waals surface area contributed by atoms with Gasteiger partial charge in [0.2, 0.25) is 18.1 Å². The Kier molecular flexibility index (Phi) is 8.42. The van der Waals surface area contributed by atoms with Crippen LogP contribution < -0.4 is 24.0 Å². The third-order valence-electron chi connectivity index (χ3n) is 5.89. The SMILES string of the molecule is CC(F)Oc1ccc(N(C)C(=O)[C@H](Cc2cc(F)cc(F)c2)NC(=O)NS(=O)(=O)N2CCc3cccnc32)cn1. The number of pyridine rings is 2. The van der Waals surface area contributed by atoms with Crippen LogP contribution in [0.4, 0.5) is 29.5 Å². The van der Waals surface area contributed by atoms with E-state index in [2.05, 4.69) is 15.3 Å². The molecule has 1 aliphatic heterocycles. The Hall–Kier alpha value is -4.40. The van der Waals surface area contributed by atoms with E-state index in [1.165, 1.54) is 38.5 Å². The number of hydrogen-bond acceptors (Lipinski definition) is 7. The summed E-state index contributed by atoms with van der Waals surface area (Å²) in [6, 6.07) is 6.01. The van der Waals surface area contributed by atoms with Crippen molar-refractivity contribution in [2.75, 3.05) is 22.8 Å². The van der Waals surface area contributed by atoms with E-state index in [1.54, 1.807) is 12.1 Å². The van der Waals surface area contributed by atoms with Crippen LogP contribution in [0.3, 0.4) is 0 Å². The summed E-state index contributed by atoms with van der Waals surface area (Å²) in [7, 11) is -3.06. The highest BCUT2D eigenvalue weighted by molar-refractivity contribution is 7.91. The molecule has 0 fully saturated rings. The molecule has 0 saturated carbocycles. The maximum Gasteiger partial charge on any atom is 0.330 e. The van der Waals surface area contributed by atoms with Crippen LogP contribution in [0.2, 0.25) is 0 Å². The molecule has 3 aromatic rings. The number of nitrogens with one attached hydrogen (secondary N) is 2. The lowest BCUT2D eigenvalue weighted by atomic mass is 10.0. The Labute approximate surface area is 228 Å². The van der Waals surface area contributed by atoms with Crippen LogP contribution in [-0.2, 0) is 27.8 Å². The molecule has 40 heavy (non-hydrogen) atoms. The minimum absolute atomic E-state index is 0.0314. The number of halogens is 3. The van der Waals surface area contributed by atoms with Crippen LogP contribution >= 0.6 is 0 Å². The van der Waals surface area contributed by atoms with E-state index in [1.807, 2.05) is 4.72 Å². The molecule has 4 rings (SSSR count). The summed E-state index contributed by atoms with van der Waals surface area (Å²) >= 11 is 0. The van der Waals surface area contributed by atoms with Crippen molar-refractivity contribution in [1.82, 2.24) is 20.0 Å². The smallest absolute Gasteiger partial charge is 0.330 e. The zero-order valence-corrected chi connectivity index (χ0v) is 22.2. The highest BCUT2D eigenvalue weighted by atomic mass is 32.2. The Morgan fingerprint density at radius 3 is 2.52 bits per heavy atom. The van der Waals surface area contributed by atoms with Gasteiger partial charge in [-0.3, -0.25) is 4.79 Å². The number of likely N-dealkylation sites (N-methyl/N-ethyl adjacent to an activating group) is 1.